The van der Waals surface area contributed by atoms with E-state index in [1.54, 1.807) is 7.11 Å². The van der Waals surface area contributed by atoms with E-state index in [1.165, 1.54) is 0 Å². The molecule has 1 unspecified atom stereocenters. The minimum atomic E-state index is -0.662. The Bertz CT molecular complexity index is 563. The summed E-state index contributed by atoms with van der Waals surface area (Å²) in [6.07, 6.45) is -0.662. The van der Waals surface area contributed by atoms with E-state index in [0.717, 1.165) is 11.1 Å². The van der Waals surface area contributed by atoms with Crippen molar-refractivity contribution in [2.24, 2.45) is 0 Å². The monoisotopic (exact) mass is 228 g/mol. The van der Waals surface area contributed by atoms with Crippen molar-refractivity contribution in [1.29, 1.82) is 0 Å². The molecule has 2 aromatic carbocycles. The molecule has 0 aromatic heterocycles. The average Bonchev–Trinajstić information content (AvgIpc) is 2.38. The van der Waals surface area contributed by atoms with E-state index in [1.807, 2.05) is 42.5 Å². The molecule has 0 aliphatic carbocycles. The Kier molecular flexibility index (Phi) is 2.27. The molecule has 0 amide bonds. The third-order valence-corrected chi connectivity index (χ3v) is 2.95. The largest absolute Gasteiger partial charge is 0.493 e. The van der Waals surface area contributed by atoms with Crippen LogP contribution in [0.1, 0.15) is 17.2 Å². The third-order valence-electron chi connectivity index (χ3n) is 2.95. The average molecular weight is 228 g/mol. The van der Waals surface area contributed by atoms with Crippen LogP contribution in [0.5, 0.6) is 17.2 Å². The van der Waals surface area contributed by atoms with Gasteiger partial charge in [0.2, 0.25) is 0 Å². The van der Waals surface area contributed by atoms with Crippen LogP contribution in [-0.4, -0.2) is 12.2 Å². The minimum absolute atomic E-state index is 0.598. The zero-order valence-electron chi connectivity index (χ0n) is 9.38. The Morgan fingerprint density at radius 2 is 1.82 bits per heavy atom. The van der Waals surface area contributed by atoms with Crippen LogP contribution in [0.25, 0.3) is 0 Å². The number of rotatable bonds is 1. The first-order valence-electron chi connectivity index (χ1n) is 5.43. The van der Waals surface area contributed by atoms with Crippen molar-refractivity contribution in [2.45, 2.75) is 6.10 Å². The van der Waals surface area contributed by atoms with E-state index in [2.05, 4.69) is 0 Å². The van der Waals surface area contributed by atoms with E-state index in [9.17, 15) is 5.11 Å². The quantitative estimate of drug-likeness (QED) is 0.815. The van der Waals surface area contributed by atoms with E-state index < -0.39 is 6.10 Å². The van der Waals surface area contributed by atoms with Gasteiger partial charge < -0.3 is 14.6 Å². The van der Waals surface area contributed by atoms with Gasteiger partial charge in [0, 0.05) is 11.1 Å². The normalized spacial score (nSPS) is 16.7. The molecular weight excluding hydrogens is 216 g/mol. The van der Waals surface area contributed by atoms with Crippen molar-refractivity contribution in [1.82, 2.24) is 0 Å². The van der Waals surface area contributed by atoms with Gasteiger partial charge in [0.25, 0.3) is 0 Å². The Morgan fingerprint density at radius 1 is 1.06 bits per heavy atom. The van der Waals surface area contributed by atoms with Gasteiger partial charge in [-0.3, -0.25) is 0 Å². The molecule has 17 heavy (non-hydrogen) atoms. The summed E-state index contributed by atoms with van der Waals surface area (Å²) < 4.78 is 11.0. The molecule has 0 radical (unpaired) electrons. The predicted molar refractivity (Wildman–Crippen MR) is 63.6 cm³/mol. The number of aliphatic hydroxyl groups excluding tert-OH is 1. The van der Waals surface area contributed by atoms with Gasteiger partial charge >= 0.3 is 0 Å². The number of aliphatic hydroxyl groups is 1. The summed E-state index contributed by atoms with van der Waals surface area (Å²) in [5.74, 6) is 1.91. The first-order chi connectivity index (χ1) is 8.31. The molecule has 1 N–H and O–H groups in total. The summed E-state index contributed by atoms with van der Waals surface area (Å²) in [5.41, 5.74) is 1.52. The molecule has 1 aliphatic rings. The van der Waals surface area contributed by atoms with Crippen molar-refractivity contribution in [3.8, 4) is 17.2 Å². The van der Waals surface area contributed by atoms with Crippen LogP contribution in [0.15, 0.2) is 42.5 Å². The van der Waals surface area contributed by atoms with E-state index in [4.69, 9.17) is 9.47 Å². The Balaban J connectivity index is 2.19. The third kappa shape index (κ3) is 1.47. The van der Waals surface area contributed by atoms with Crippen LogP contribution in [0.3, 0.4) is 0 Å². The number of hydrogen-bond donors (Lipinski definition) is 1. The van der Waals surface area contributed by atoms with Crippen LogP contribution in [-0.2, 0) is 0 Å². The van der Waals surface area contributed by atoms with Gasteiger partial charge in [-0.25, -0.2) is 0 Å². The summed E-state index contributed by atoms with van der Waals surface area (Å²) in [6.45, 7) is 0. The molecule has 86 valence electrons. The minimum Gasteiger partial charge on any atom is -0.493 e. The molecule has 0 saturated heterocycles. The number of ether oxygens (including phenoxy) is 2. The summed E-state index contributed by atoms with van der Waals surface area (Å²) >= 11 is 0. The van der Waals surface area contributed by atoms with Gasteiger partial charge in [0.15, 0.2) is 11.5 Å². The lowest BCUT2D eigenvalue weighted by molar-refractivity contribution is 0.200. The van der Waals surface area contributed by atoms with Crippen LogP contribution < -0.4 is 9.47 Å². The maximum Gasteiger partial charge on any atom is 0.175 e. The van der Waals surface area contributed by atoms with Crippen molar-refractivity contribution in [3.05, 3.63) is 53.6 Å². The Morgan fingerprint density at radius 3 is 2.65 bits per heavy atom. The van der Waals surface area contributed by atoms with Gasteiger partial charge in [0.05, 0.1) is 7.11 Å². The van der Waals surface area contributed by atoms with Crippen molar-refractivity contribution in [2.75, 3.05) is 7.11 Å². The molecule has 3 nitrogen and oxygen atoms in total. The molecule has 0 spiro atoms. The van der Waals surface area contributed by atoms with Crippen molar-refractivity contribution < 1.29 is 14.6 Å². The van der Waals surface area contributed by atoms with E-state index in [0.29, 0.717) is 17.2 Å². The smallest absolute Gasteiger partial charge is 0.175 e. The first kappa shape index (κ1) is 10.2. The lowest BCUT2D eigenvalue weighted by Crippen LogP contribution is -2.10. The fourth-order valence-corrected chi connectivity index (χ4v) is 2.09. The second-order valence-electron chi connectivity index (χ2n) is 3.92. The van der Waals surface area contributed by atoms with Gasteiger partial charge in [-0.05, 0) is 12.1 Å². The Hall–Kier alpha value is -2.00. The van der Waals surface area contributed by atoms with Gasteiger partial charge in [-0.15, -0.1) is 0 Å². The molecule has 0 bridgehead atoms. The highest BCUT2D eigenvalue weighted by atomic mass is 16.5. The fourth-order valence-electron chi connectivity index (χ4n) is 2.09. The zero-order valence-corrected chi connectivity index (χ0v) is 9.38. The molecule has 3 rings (SSSR count). The van der Waals surface area contributed by atoms with Gasteiger partial charge in [-0.2, -0.15) is 0 Å². The van der Waals surface area contributed by atoms with Crippen molar-refractivity contribution in [3.63, 3.8) is 0 Å². The van der Waals surface area contributed by atoms with Crippen LogP contribution in [0.2, 0.25) is 0 Å². The number of hydrogen-bond acceptors (Lipinski definition) is 3. The van der Waals surface area contributed by atoms with E-state index >= 15 is 0 Å². The second-order valence-corrected chi connectivity index (χ2v) is 3.92. The fraction of sp³-hybridized carbons (Fsp3) is 0.143. The Labute approximate surface area is 99.2 Å². The predicted octanol–water partition coefficient (Wildman–Crippen LogP) is 2.88. The molecule has 1 heterocycles. The maximum absolute atomic E-state index is 10.3. The standard InChI is InChI=1S/C14H12O3/c1-16-12-8-4-6-10-13(15)9-5-2-3-7-11(9)17-14(10)12/h2-8,13,15H,1H3. The number of fused-ring (bicyclic) bond motifs is 2. The topological polar surface area (TPSA) is 38.7 Å². The van der Waals surface area contributed by atoms with Gasteiger partial charge in [0.1, 0.15) is 11.9 Å². The number of methoxy groups -OCH3 is 1. The summed E-state index contributed by atoms with van der Waals surface area (Å²) in [5, 5.41) is 10.3. The summed E-state index contributed by atoms with van der Waals surface area (Å²) in [6, 6.07) is 13.0. The van der Waals surface area contributed by atoms with Crippen LogP contribution >= 0.6 is 0 Å². The molecule has 3 heteroatoms. The highest BCUT2D eigenvalue weighted by Crippen LogP contribution is 2.46. The number of benzene rings is 2. The van der Waals surface area contributed by atoms with E-state index in [-0.39, 0.29) is 0 Å². The number of para-hydroxylation sites is 2. The van der Waals surface area contributed by atoms with Crippen LogP contribution in [0.4, 0.5) is 0 Å². The lowest BCUT2D eigenvalue weighted by atomic mass is 9.97. The highest BCUT2D eigenvalue weighted by Gasteiger charge is 2.27. The SMILES string of the molecule is COc1cccc2c1Oc1ccccc1C2O. The first-order valence-corrected chi connectivity index (χ1v) is 5.43. The lowest BCUT2D eigenvalue weighted by Gasteiger charge is -2.25. The highest BCUT2D eigenvalue weighted by molar-refractivity contribution is 5.57. The van der Waals surface area contributed by atoms with Gasteiger partial charge in [-0.1, -0.05) is 30.3 Å². The second kappa shape index (κ2) is 3.79. The molecule has 1 aliphatic heterocycles. The molecule has 0 saturated carbocycles. The zero-order chi connectivity index (χ0) is 11.8. The summed E-state index contributed by atoms with van der Waals surface area (Å²) in [4.78, 5) is 0. The van der Waals surface area contributed by atoms with Crippen LogP contribution in [0, 0.1) is 0 Å². The van der Waals surface area contributed by atoms with Crippen molar-refractivity contribution >= 4 is 0 Å². The molecule has 2 aromatic rings. The molecule has 1 atom stereocenters. The summed E-state index contributed by atoms with van der Waals surface area (Å²) in [7, 11) is 1.59. The molecule has 0 fully saturated rings. The maximum atomic E-state index is 10.3. The molecular formula is C14H12O3.